The van der Waals surface area contributed by atoms with Crippen LogP contribution in [0, 0.1) is 5.92 Å². The fourth-order valence-electron chi connectivity index (χ4n) is 3.22. The number of carbonyl (C=O) groups is 2. The third kappa shape index (κ3) is 4.63. The number of likely N-dealkylation sites (tertiary alicyclic amines) is 1. The number of carbonyl (C=O) groups excluding carboxylic acids is 2. The standard InChI is InChI=1S/C18H26N4O4/c1-2-26-18(24)22-7-5-14(6-8-22)17(23)20-15-3-4-16(19-13-15)21-9-11-25-12-10-21/h3-4,13-14H,2,5-12H2,1H3,(H,20,23). The minimum Gasteiger partial charge on any atom is -0.450 e. The van der Waals surface area contributed by atoms with Gasteiger partial charge in [-0.2, -0.15) is 0 Å². The summed E-state index contributed by atoms with van der Waals surface area (Å²) in [6, 6.07) is 3.80. The van der Waals surface area contributed by atoms with Crippen LogP contribution in [0.1, 0.15) is 19.8 Å². The molecular weight excluding hydrogens is 336 g/mol. The van der Waals surface area contributed by atoms with Crippen molar-refractivity contribution < 1.29 is 19.1 Å². The largest absolute Gasteiger partial charge is 0.450 e. The van der Waals surface area contributed by atoms with Crippen molar-refractivity contribution in [3.8, 4) is 0 Å². The van der Waals surface area contributed by atoms with Gasteiger partial charge < -0.3 is 24.6 Å². The molecule has 0 aliphatic carbocycles. The molecule has 2 amide bonds. The molecule has 142 valence electrons. The summed E-state index contributed by atoms with van der Waals surface area (Å²) in [4.78, 5) is 32.4. The van der Waals surface area contributed by atoms with Crippen LogP contribution in [0.25, 0.3) is 0 Å². The quantitative estimate of drug-likeness (QED) is 0.878. The normalized spacial score (nSPS) is 18.5. The van der Waals surface area contributed by atoms with E-state index in [0.717, 1.165) is 18.9 Å². The van der Waals surface area contributed by atoms with Crippen molar-refractivity contribution in [1.82, 2.24) is 9.88 Å². The van der Waals surface area contributed by atoms with E-state index in [9.17, 15) is 9.59 Å². The molecule has 0 radical (unpaired) electrons. The minimum absolute atomic E-state index is 0.0190. The Bertz CT molecular complexity index is 608. The van der Waals surface area contributed by atoms with Crippen LogP contribution in [0.5, 0.6) is 0 Å². The highest BCUT2D eigenvalue weighted by atomic mass is 16.6. The molecular formula is C18H26N4O4. The van der Waals surface area contributed by atoms with Gasteiger partial charge in [-0.1, -0.05) is 0 Å². The third-order valence-electron chi connectivity index (χ3n) is 4.74. The number of morpholine rings is 1. The summed E-state index contributed by atoms with van der Waals surface area (Å²) in [5, 5.41) is 2.93. The number of aromatic nitrogens is 1. The van der Waals surface area contributed by atoms with E-state index in [1.807, 2.05) is 12.1 Å². The summed E-state index contributed by atoms with van der Waals surface area (Å²) >= 11 is 0. The number of ether oxygens (including phenoxy) is 2. The van der Waals surface area contributed by atoms with E-state index >= 15 is 0 Å². The van der Waals surface area contributed by atoms with Crippen molar-refractivity contribution in [2.24, 2.45) is 5.92 Å². The molecule has 8 nitrogen and oxygen atoms in total. The van der Waals surface area contributed by atoms with Crippen LogP contribution in [0.3, 0.4) is 0 Å². The Morgan fingerprint density at radius 3 is 2.58 bits per heavy atom. The summed E-state index contributed by atoms with van der Waals surface area (Å²) in [7, 11) is 0. The maximum absolute atomic E-state index is 12.5. The zero-order chi connectivity index (χ0) is 18.4. The Morgan fingerprint density at radius 2 is 1.96 bits per heavy atom. The number of amides is 2. The molecule has 2 aliphatic heterocycles. The molecule has 2 saturated heterocycles. The van der Waals surface area contributed by atoms with Gasteiger partial charge in [0.05, 0.1) is 31.7 Å². The Balaban J connectivity index is 1.48. The topological polar surface area (TPSA) is 84.0 Å². The first-order valence-electron chi connectivity index (χ1n) is 9.18. The van der Waals surface area contributed by atoms with Gasteiger partial charge in [0.15, 0.2) is 0 Å². The molecule has 0 bridgehead atoms. The van der Waals surface area contributed by atoms with Crippen LogP contribution < -0.4 is 10.2 Å². The number of nitrogens with one attached hydrogen (secondary N) is 1. The molecule has 0 saturated carbocycles. The lowest BCUT2D eigenvalue weighted by molar-refractivity contribution is -0.121. The first-order valence-corrected chi connectivity index (χ1v) is 9.18. The number of anilines is 2. The van der Waals surface area contributed by atoms with Gasteiger partial charge in [0.2, 0.25) is 5.91 Å². The summed E-state index contributed by atoms with van der Waals surface area (Å²) in [5.41, 5.74) is 0.694. The second-order valence-electron chi connectivity index (χ2n) is 6.45. The van der Waals surface area contributed by atoms with Crippen LogP contribution in [-0.2, 0) is 14.3 Å². The lowest BCUT2D eigenvalue weighted by atomic mass is 9.96. The first kappa shape index (κ1) is 18.4. The SMILES string of the molecule is CCOC(=O)N1CCC(C(=O)Nc2ccc(N3CCOCC3)nc2)CC1. The molecule has 1 N–H and O–H groups in total. The van der Waals surface area contributed by atoms with Gasteiger partial charge in [-0.15, -0.1) is 0 Å². The highest BCUT2D eigenvalue weighted by Crippen LogP contribution is 2.21. The average molecular weight is 362 g/mol. The monoisotopic (exact) mass is 362 g/mol. The van der Waals surface area contributed by atoms with Crippen molar-refractivity contribution >= 4 is 23.5 Å². The van der Waals surface area contributed by atoms with Gasteiger partial charge in [0.25, 0.3) is 0 Å². The molecule has 0 aromatic carbocycles. The molecule has 0 unspecified atom stereocenters. The Kier molecular flexibility index (Phi) is 6.27. The maximum atomic E-state index is 12.5. The van der Waals surface area contributed by atoms with Crippen LogP contribution in [-0.4, -0.2) is 67.9 Å². The first-order chi connectivity index (χ1) is 12.7. The second kappa shape index (κ2) is 8.84. The summed E-state index contributed by atoms with van der Waals surface area (Å²) < 4.78 is 10.3. The summed E-state index contributed by atoms with van der Waals surface area (Å²) in [6.07, 6.45) is 2.68. The van der Waals surface area contributed by atoms with E-state index in [1.165, 1.54) is 0 Å². The fourth-order valence-corrected chi connectivity index (χ4v) is 3.22. The van der Waals surface area contributed by atoms with E-state index in [4.69, 9.17) is 9.47 Å². The third-order valence-corrected chi connectivity index (χ3v) is 4.74. The predicted molar refractivity (Wildman–Crippen MR) is 97.2 cm³/mol. The van der Waals surface area contributed by atoms with Crippen molar-refractivity contribution in [3.63, 3.8) is 0 Å². The van der Waals surface area contributed by atoms with Crippen LogP contribution in [0.15, 0.2) is 18.3 Å². The van der Waals surface area contributed by atoms with Gasteiger partial charge in [-0.25, -0.2) is 9.78 Å². The van der Waals surface area contributed by atoms with Gasteiger partial charge >= 0.3 is 6.09 Å². The molecule has 26 heavy (non-hydrogen) atoms. The average Bonchev–Trinajstić information content (AvgIpc) is 2.69. The van der Waals surface area contributed by atoms with Gasteiger partial charge in [-0.05, 0) is 31.9 Å². The Morgan fingerprint density at radius 1 is 1.23 bits per heavy atom. The molecule has 1 aromatic rings. The van der Waals surface area contributed by atoms with E-state index < -0.39 is 0 Å². The lowest BCUT2D eigenvalue weighted by Gasteiger charge is -2.30. The minimum atomic E-state index is -0.297. The molecule has 3 rings (SSSR count). The van der Waals surface area contributed by atoms with Gasteiger partial charge in [-0.3, -0.25) is 4.79 Å². The lowest BCUT2D eigenvalue weighted by Crippen LogP contribution is -2.41. The van der Waals surface area contributed by atoms with Crippen molar-refractivity contribution in [2.75, 3.05) is 56.2 Å². The number of hydrogen-bond acceptors (Lipinski definition) is 6. The zero-order valence-corrected chi connectivity index (χ0v) is 15.1. The molecule has 0 spiro atoms. The highest BCUT2D eigenvalue weighted by molar-refractivity contribution is 5.92. The Labute approximate surface area is 153 Å². The number of hydrogen-bond donors (Lipinski definition) is 1. The molecule has 2 aliphatic rings. The van der Waals surface area contributed by atoms with Gasteiger partial charge in [0, 0.05) is 32.1 Å². The summed E-state index contributed by atoms with van der Waals surface area (Å²) in [5.74, 6) is 0.781. The molecule has 1 aromatic heterocycles. The zero-order valence-electron chi connectivity index (χ0n) is 15.1. The van der Waals surface area contributed by atoms with Crippen molar-refractivity contribution in [2.45, 2.75) is 19.8 Å². The van der Waals surface area contributed by atoms with Gasteiger partial charge in [0.1, 0.15) is 5.82 Å². The maximum Gasteiger partial charge on any atom is 0.409 e. The fraction of sp³-hybridized carbons (Fsp3) is 0.611. The van der Waals surface area contributed by atoms with E-state index in [-0.39, 0.29) is 17.9 Å². The van der Waals surface area contributed by atoms with Crippen LogP contribution in [0.4, 0.5) is 16.3 Å². The van der Waals surface area contributed by atoms with Crippen molar-refractivity contribution in [3.05, 3.63) is 18.3 Å². The predicted octanol–water partition coefficient (Wildman–Crippen LogP) is 1.73. The molecule has 3 heterocycles. The van der Waals surface area contributed by atoms with Crippen LogP contribution in [0.2, 0.25) is 0 Å². The number of piperidine rings is 1. The van der Waals surface area contributed by atoms with E-state index in [1.54, 1.807) is 18.0 Å². The number of nitrogens with zero attached hydrogens (tertiary/aromatic N) is 3. The van der Waals surface area contributed by atoms with E-state index in [2.05, 4.69) is 15.2 Å². The number of pyridine rings is 1. The second-order valence-corrected chi connectivity index (χ2v) is 6.45. The summed E-state index contributed by atoms with van der Waals surface area (Å²) in [6.45, 7) is 6.34. The molecule has 2 fully saturated rings. The molecule has 0 atom stereocenters. The Hall–Kier alpha value is -2.35. The smallest absolute Gasteiger partial charge is 0.409 e. The highest BCUT2D eigenvalue weighted by Gasteiger charge is 2.28. The molecule has 8 heteroatoms. The van der Waals surface area contributed by atoms with E-state index in [0.29, 0.717) is 51.4 Å². The van der Waals surface area contributed by atoms with Crippen LogP contribution >= 0.6 is 0 Å². The number of rotatable bonds is 4. The van der Waals surface area contributed by atoms with Crippen molar-refractivity contribution in [1.29, 1.82) is 0 Å².